The quantitative estimate of drug-likeness (QED) is 0.332. The Morgan fingerprint density at radius 3 is 2.56 bits per heavy atom. The molecule has 0 unspecified atom stereocenters. The molecule has 34 heavy (non-hydrogen) atoms. The number of allylic oxidation sites excluding steroid dienone is 1. The van der Waals surface area contributed by atoms with Crippen molar-refractivity contribution in [2.45, 2.75) is 32.9 Å². The molecule has 1 N–H and O–H groups in total. The third kappa shape index (κ3) is 5.59. The molecular weight excluding hydrogens is 426 g/mol. The number of carbonyl (C=O) groups excluding carboxylic acids is 1. The lowest BCUT2D eigenvalue weighted by Gasteiger charge is -2.06. The van der Waals surface area contributed by atoms with Gasteiger partial charge in [-0.05, 0) is 55.7 Å². The summed E-state index contributed by atoms with van der Waals surface area (Å²) in [5.74, 6) is -0.888. The van der Waals surface area contributed by atoms with E-state index < -0.39 is 5.97 Å². The van der Waals surface area contributed by atoms with Gasteiger partial charge in [0.1, 0.15) is 0 Å². The summed E-state index contributed by atoms with van der Waals surface area (Å²) in [6, 6.07) is 20.4. The molecule has 172 valence electrons. The first kappa shape index (κ1) is 23.0. The molecule has 0 spiro atoms. The van der Waals surface area contributed by atoms with Gasteiger partial charge in [-0.25, -0.2) is 4.79 Å². The summed E-state index contributed by atoms with van der Waals surface area (Å²) in [6.07, 6.45) is 9.23. The number of carboxylic acid groups (broad SMARTS) is 1. The van der Waals surface area contributed by atoms with Crippen LogP contribution in [0.5, 0.6) is 0 Å². The first-order valence-corrected chi connectivity index (χ1v) is 11.3. The molecule has 0 radical (unpaired) electrons. The maximum Gasteiger partial charge on any atom is 0.335 e. The lowest BCUT2D eigenvalue weighted by Crippen LogP contribution is -2.09. The lowest BCUT2D eigenvalue weighted by atomic mass is 10.0. The van der Waals surface area contributed by atoms with Crippen molar-refractivity contribution in [3.05, 3.63) is 119 Å². The highest BCUT2D eigenvalue weighted by Gasteiger charge is 2.12. The van der Waals surface area contributed by atoms with Gasteiger partial charge in [-0.2, -0.15) is 5.10 Å². The second kappa shape index (κ2) is 10.6. The molecular formula is C28H27N3O3. The van der Waals surface area contributed by atoms with Crippen molar-refractivity contribution in [1.29, 1.82) is 0 Å². The van der Waals surface area contributed by atoms with Crippen molar-refractivity contribution >= 4 is 17.8 Å². The molecule has 4 rings (SSSR count). The standard InChI is InChI=1S/C28H27N3O3/c1-21-12-14-23(15-13-21)27(32)26-11-6-18-30(26)17-5-9-24-16-20-31(29-24)19-4-8-22-7-2-3-10-25(22)28(33)34/h2-3,5-7,9-16,18,20H,4,8,17,19H2,1H3,(H,33,34)/b9-5+. The zero-order chi connectivity index (χ0) is 23.9. The maximum atomic E-state index is 12.8. The third-order valence-electron chi connectivity index (χ3n) is 5.71. The summed E-state index contributed by atoms with van der Waals surface area (Å²) in [6.45, 7) is 3.27. The number of carboxylic acids is 1. The fourth-order valence-corrected chi connectivity index (χ4v) is 3.89. The molecule has 0 fully saturated rings. The van der Waals surface area contributed by atoms with Crippen LogP contribution in [-0.2, 0) is 19.5 Å². The van der Waals surface area contributed by atoms with Gasteiger partial charge in [-0.1, -0.05) is 54.1 Å². The fourth-order valence-electron chi connectivity index (χ4n) is 3.89. The van der Waals surface area contributed by atoms with Crippen LogP contribution in [0.2, 0.25) is 0 Å². The SMILES string of the molecule is Cc1ccc(C(=O)c2cccn2C/C=C/c2ccn(CCCc3ccccc3C(=O)O)n2)cc1. The Morgan fingerprint density at radius 1 is 0.971 bits per heavy atom. The van der Waals surface area contributed by atoms with E-state index in [9.17, 15) is 14.7 Å². The van der Waals surface area contributed by atoms with E-state index >= 15 is 0 Å². The smallest absolute Gasteiger partial charge is 0.335 e. The number of aromatic carboxylic acids is 1. The molecule has 0 saturated carbocycles. The predicted octanol–water partition coefficient (Wildman–Crippen LogP) is 5.27. The van der Waals surface area contributed by atoms with Gasteiger partial charge in [0, 0.05) is 31.0 Å². The van der Waals surface area contributed by atoms with Crippen LogP contribution in [0, 0.1) is 6.92 Å². The monoisotopic (exact) mass is 453 g/mol. The number of hydrogen-bond acceptors (Lipinski definition) is 3. The van der Waals surface area contributed by atoms with Gasteiger partial charge in [0.2, 0.25) is 5.78 Å². The van der Waals surface area contributed by atoms with Gasteiger partial charge < -0.3 is 9.67 Å². The van der Waals surface area contributed by atoms with Gasteiger partial charge >= 0.3 is 5.97 Å². The van der Waals surface area contributed by atoms with Crippen LogP contribution in [0.3, 0.4) is 0 Å². The Hall–Kier alpha value is -4.19. The van der Waals surface area contributed by atoms with Crippen LogP contribution in [0.25, 0.3) is 6.08 Å². The largest absolute Gasteiger partial charge is 0.478 e. The molecule has 0 atom stereocenters. The molecule has 2 heterocycles. The van der Waals surface area contributed by atoms with Crippen molar-refractivity contribution in [2.75, 3.05) is 0 Å². The van der Waals surface area contributed by atoms with Crippen molar-refractivity contribution in [3.63, 3.8) is 0 Å². The van der Waals surface area contributed by atoms with Crippen molar-refractivity contribution in [1.82, 2.24) is 14.3 Å². The molecule has 6 nitrogen and oxygen atoms in total. The molecule has 6 heteroatoms. The van der Waals surface area contributed by atoms with E-state index in [2.05, 4.69) is 5.10 Å². The Bertz CT molecular complexity index is 1310. The maximum absolute atomic E-state index is 12.8. The van der Waals surface area contributed by atoms with Crippen LogP contribution in [0.1, 0.15) is 49.7 Å². The first-order valence-electron chi connectivity index (χ1n) is 11.3. The highest BCUT2D eigenvalue weighted by Crippen LogP contribution is 2.14. The molecule has 2 aromatic heterocycles. The molecule has 4 aromatic rings. The normalized spacial score (nSPS) is 11.2. The Balaban J connectivity index is 1.32. The lowest BCUT2D eigenvalue weighted by molar-refractivity contribution is 0.0695. The summed E-state index contributed by atoms with van der Waals surface area (Å²) in [7, 11) is 0. The minimum Gasteiger partial charge on any atom is -0.478 e. The van der Waals surface area contributed by atoms with Crippen molar-refractivity contribution in [2.24, 2.45) is 0 Å². The molecule has 0 amide bonds. The highest BCUT2D eigenvalue weighted by atomic mass is 16.4. The van der Waals surface area contributed by atoms with E-state index in [1.54, 1.807) is 12.1 Å². The first-order chi connectivity index (χ1) is 16.5. The zero-order valence-electron chi connectivity index (χ0n) is 19.1. The molecule has 2 aromatic carbocycles. The van der Waals surface area contributed by atoms with E-state index in [-0.39, 0.29) is 5.78 Å². The highest BCUT2D eigenvalue weighted by molar-refractivity contribution is 6.08. The van der Waals surface area contributed by atoms with Crippen LogP contribution >= 0.6 is 0 Å². The average Bonchev–Trinajstić information content (AvgIpc) is 3.49. The molecule has 0 aliphatic rings. The molecule has 0 aliphatic carbocycles. The predicted molar refractivity (Wildman–Crippen MR) is 132 cm³/mol. The van der Waals surface area contributed by atoms with Crippen molar-refractivity contribution < 1.29 is 14.7 Å². The van der Waals surface area contributed by atoms with E-state index in [0.29, 0.717) is 36.3 Å². The summed E-state index contributed by atoms with van der Waals surface area (Å²) < 4.78 is 3.79. The third-order valence-corrected chi connectivity index (χ3v) is 5.71. The minimum atomic E-state index is -0.895. The Kier molecular flexibility index (Phi) is 7.18. The molecule has 0 saturated heterocycles. The van der Waals surface area contributed by atoms with Gasteiger partial charge in [0.15, 0.2) is 0 Å². The zero-order valence-corrected chi connectivity index (χ0v) is 19.1. The second-order valence-corrected chi connectivity index (χ2v) is 8.21. The minimum absolute atomic E-state index is 0.00662. The van der Waals surface area contributed by atoms with E-state index in [4.69, 9.17) is 0 Å². The molecule has 0 aliphatic heterocycles. The summed E-state index contributed by atoms with van der Waals surface area (Å²) in [4.78, 5) is 24.2. The van der Waals surface area contributed by atoms with Gasteiger partial charge in [0.25, 0.3) is 0 Å². The van der Waals surface area contributed by atoms with Crippen LogP contribution in [-0.4, -0.2) is 31.2 Å². The van der Waals surface area contributed by atoms with Gasteiger partial charge in [-0.15, -0.1) is 0 Å². The number of nitrogens with zero attached hydrogens (tertiary/aromatic N) is 3. The molecule has 0 bridgehead atoms. The average molecular weight is 454 g/mol. The number of ketones is 1. The summed E-state index contributed by atoms with van der Waals surface area (Å²) in [5.41, 5.74) is 4.49. The number of hydrogen-bond donors (Lipinski definition) is 1. The van der Waals surface area contributed by atoms with Crippen molar-refractivity contribution in [3.8, 4) is 0 Å². The van der Waals surface area contributed by atoms with Gasteiger partial charge in [0.05, 0.1) is 17.0 Å². The Labute approximate surface area is 198 Å². The van der Waals surface area contributed by atoms with Crippen LogP contribution < -0.4 is 0 Å². The topological polar surface area (TPSA) is 77.1 Å². The Morgan fingerprint density at radius 2 is 1.76 bits per heavy atom. The van der Waals surface area contributed by atoms with E-state index in [1.165, 1.54) is 0 Å². The van der Waals surface area contributed by atoms with E-state index in [1.807, 2.05) is 95.3 Å². The van der Waals surface area contributed by atoms with E-state index in [0.717, 1.165) is 23.2 Å². The number of rotatable bonds is 10. The summed E-state index contributed by atoms with van der Waals surface area (Å²) in [5, 5.41) is 13.9. The number of benzene rings is 2. The number of aryl methyl sites for hydroxylation is 3. The number of carbonyl (C=O) groups is 2. The fraction of sp³-hybridized carbons (Fsp3) is 0.179. The second-order valence-electron chi connectivity index (χ2n) is 8.21. The van der Waals surface area contributed by atoms with Crippen LogP contribution in [0.15, 0.2) is 85.2 Å². The van der Waals surface area contributed by atoms with Crippen LogP contribution in [0.4, 0.5) is 0 Å². The number of aromatic nitrogens is 3. The van der Waals surface area contributed by atoms with Gasteiger partial charge in [-0.3, -0.25) is 9.48 Å². The summed E-state index contributed by atoms with van der Waals surface area (Å²) >= 11 is 0.